The van der Waals surface area contributed by atoms with E-state index in [0.29, 0.717) is 0 Å². The number of aromatic carboxylic acids is 1. The molecule has 1 heterocycles. The van der Waals surface area contributed by atoms with Crippen LogP contribution in [0.15, 0.2) is 41.0 Å². The number of alkyl halides is 3. The van der Waals surface area contributed by atoms with Gasteiger partial charge in [-0.15, -0.1) is 0 Å². The van der Waals surface area contributed by atoms with E-state index >= 15 is 0 Å². The predicted octanol–water partition coefficient (Wildman–Crippen LogP) is 3.61. The molecule has 4 nitrogen and oxygen atoms in total. The third kappa shape index (κ3) is 2.93. The zero-order valence-corrected chi connectivity index (χ0v) is 10.1. The zero-order valence-electron chi connectivity index (χ0n) is 10.1. The highest BCUT2D eigenvalue weighted by Crippen LogP contribution is 2.34. The Hall–Kier alpha value is -2.44. The van der Waals surface area contributed by atoms with Gasteiger partial charge in [0.15, 0.2) is 0 Å². The first-order valence-corrected chi connectivity index (χ1v) is 5.59. The van der Waals surface area contributed by atoms with Crippen molar-refractivity contribution in [1.82, 2.24) is 0 Å². The normalized spacial score (nSPS) is 11.3. The number of rotatable bonds is 4. The van der Waals surface area contributed by atoms with Gasteiger partial charge in [0.2, 0.25) is 0 Å². The highest BCUT2D eigenvalue weighted by molar-refractivity contribution is 5.88. The molecule has 0 atom stereocenters. The van der Waals surface area contributed by atoms with Crippen molar-refractivity contribution in [1.29, 1.82) is 0 Å². The van der Waals surface area contributed by atoms with Crippen molar-refractivity contribution in [2.45, 2.75) is 12.7 Å². The summed E-state index contributed by atoms with van der Waals surface area (Å²) in [6, 6.07) is 6.20. The van der Waals surface area contributed by atoms with E-state index in [0.717, 1.165) is 6.07 Å². The molecule has 0 saturated carbocycles. The Kier molecular flexibility index (Phi) is 3.69. The molecule has 0 radical (unpaired) electrons. The van der Waals surface area contributed by atoms with Gasteiger partial charge in [-0.2, -0.15) is 13.2 Å². The molecule has 1 aromatic heterocycles. The van der Waals surface area contributed by atoms with E-state index in [9.17, 15) is 18.0 Å². The molecule has 2 aromatic rings. The van der Waals surface area contributed by atoms with Gasteiger partial charge in [0, 0.05) is 5.69 Å². The molecule has 0 fully saturated rings. The number of furan rings is 1. The second-order valence-electron chi connectivity index (χ2n) is 3.96. The molecule has 0 bridgehead atoms. The molecule has 0 amide bonds. The number of hydrogen-bond acceptors (Lipinski definition) is 3. The van der Waals surface area contributed by atoms with Gasteiger partial charge >= 0.3 is 12.1 Å². The number of anilines is 1. The second kappa shape index (κ2) is 5.28. The molecule has 106 valence electrons. The summed E-state index contributed by atoms with van der Waals surface area (Å²) in [5, 5.41) is 11.4. The highest BCUT2D eigenvalue weighted by Gasteiger charge is 2.33. The number of halogens is 3. The minimum atomic E-state index is -4.48. The summed E-state index contributed by atoms with van der Waals surface area (Å²) in [6.45, 7) is -0.151. The van der Waals surface area contributed by atoms with E-state index < -0.39 is 17.7 Å². The molecule has 0 saturated heterocycles. The monoisotopic (exact) mass is 285 g/mol. The van der Waals surface area contributed by atoms with Crippen LogP contribution in [0.1, 0.15) is 21.7 Å². The molecule has 0 spiro atoms. The maximum absolute atomic E-state index is 12.8. The number of para-hydroxylation sites is 1. The van der Waals surface area contributed by atoms with Crippen molar-refractivity contribution in [2.24, 2.45) is 0 Å². The first-order valence-electron chi connectivity index (χ1n) is 5.59. The maximum atomic E-state index is 12.8. The van der Waals surface area contributed by atoms with E-state index in [1.165, 1.54) is 30.5 Å². The summed E-state index contributed by atoms with van der Waals surface area (Å²) in [4.78, 5) is 10.9. The Bertz CT molecular complexity index is 619. The molecule has 20 heavy (non-hydrogen) atoms. The van der Waals surface area contributed by atoms with E-state index in [1.54, 1.807) is 0 Å². The van der Waals surface area contributed by atoms with Crippen molar-refractivity contribution < 1.29 is 27.5 Å². The largest absolute Gasteiger partial charge is 0.478 e. The Morgan fingerprint density at radius 3 is 2.60 bits per heavy atom. The lowest BCUT2D eigenvalue weighted by molar-refractivity contribution is -0.137. The lowest BCUT2D eigenvalue weighted by atomic mass is 10.1. The van der Waals surface area contributed by atoms with Crippen molar-refractivity contribution in [2.75, 3.05) is 5.32 Å². The van der Waals surface area contributed by atoms with Crippen molar-refractivity contribution in [3.63, 3.8) is 0 Å². The molecule has 7 heteroatoms. The van der Waals surface area contributed by atoms with E-state index in [1.807, 2.05) is 0 Å². The van der Waals surface area contributed by atoms with Crippen LogP contribution in [0.4, 0.5) is 18.9 Å². The van der Waals surface area contributed by atoms with E-state index in [-0.39, 0.29) is 23.6 Å². The number of benzene rings is 1. The Labute approximate surface area is 111 Å². The van der Waals surface area contributed by atoms with Crippen molar-refractivity contribution >= 4 is 11.7 Å². The fourth-order valence-corrected chi connectivity index (χ4v) is 1.73. The Balaban J connectivity index is 2.20. The highest BCUT2D eigenvalue weighted by atomic mass is 19.4. The number of carbonyl (C=O) groups is 1. The first kappa shape index (κ1) is 14.0. The average Bonchev–Trinajstić information content (AvgIpc) is 2.84. The van der Waals surface area contributed by atoms with Crippen LogP contribution in [-0.2, 0) is 12.7 Å². The maximum Gasteiger partial charge on any atom is 0.418 e. The summed E-state index contributed by atoms with van der Waals surface area (Å²) in [6.07, 6.45) is -3.31. The molecular weight excluding hydrogens is 275 g/mol. The van der Waals surface area contributed by atoms with Crippen molar-refractivity contribution in [3.8, 4) is 0 Å². The topological polar surface area (TPSA) is 62.5 Å². The SMILES string of the molecule is O=C(O)c1ccoc1CNc1ccccc1C(F)(F)F. The molecule has 1 aromatic carbocycles. The quantitative estimate of drug-likeness (QED) is 0.900. The Morgan fingerprint density at radius 1 is 1.25 bits per heavy atom. The third-order valence-electron chi connectivity index (χ3n) is 2.65. The minimum Gasteiger partial charge on any atom is -0.478 e. The summed E-state index contributed by atoms with van der Waals surface area (Å²) in [5.41, 5.74) is -1.03. The van der Waals surface area contributed by atoms with Gasteiger partial charge in [0.05, 0.1) is 18.4 Å². The second-order valence-corrected chi connectivity index (χ2v) is 3.96. The average molecular weight is 285 g/mol. The number of nitrogens with one attached hydrogen (secondary N) is 1. The molecular formula is C13H10F3NO3. The Morgan fingerprint density at radius 2 is 1.95 bits per heavy atom. The predicted molar refractivity (Wildman–Crippen MR) is 64.4 cm³/mol. The first-order chi connectivity index (χ1) is 9.39. The lowest BCUT2D eigenvalue weighted by Crippen LogP contribution is -2.11. The van der Waals surface area contributed by atoms with Gasteiger partial charge < -0.3 is 14.8 Å². The smallest absolute Gasteiger partial charge is 0.418 e. The fourth-order valence-electron chi connectivity index (χ4n) is 1.73. The summed E-state index contributed by atoms with van der Waals surface area (Å²) in [7, 11) is 0. The molecule has 0 aliphatic carbocycles. The molecule has 2 N–H and O–H groups in total. The summed E-state index contributed by atoms with van der Waals surface area (Å²) in [5.74, 6) is -1.13. The van der Waals surface area contributed by atoms with Gasteiger partial charge in [0.1, 0.15) is 11.3 Å². The molecule has 0 aliphatic heterocycles. The molecule has 2 rings (SSSR count). The van der Waals surface area contributed by atoms with Crippen LogP contribution in [-0.4, -0.2) is 11.1 Å². The van der Waals surface area contributed by atoms with Crippen molar-refractivity contribution in [3.05, 3.63) is 53.5 Å². The van der Waals surface area contributed by atoms with Gasteiger partial charge in [-0.3, -0.25) is 0 Å². The lowest BCUT2D eigenvalue weighted by Gasteiger charge is -2.13. The standard InChI is InChI=1S/C13H10F3NO3/c14-13(15,16)9-3-1-2-4-10(9)17-7-11-8(12(18)19)5-6-20-11/h1-6,17H,7H2,(H,18,19). The minimum absolute atomic E-state index is 0.0643. The number of carboxylic acids is 1. The van der Waals surface area contributed by atoms with Crippen LogP contribution >= 0.6 is 0 Å². The summed E-state index contributed by atoms with van der Waals surface area (Å²) >= 11 is 0. The van der Waals surface area contributed by atoms with Crippen LogP contribution < -0.4 is 5.32 Å². The van der Waals surface area contributed by atoms with Gasteiger partial charge in [0.25, 0.3) is 0 Å². The number of carboxylic acid groups (broad SMARTS) is 1. The summed E-state index contributed by atoms with van der Waals surface area (Å²) < 4.78 is 43.2. The van der Waals surface area contributed by atoms with Gasteiger partial charge in [-0.25, -0.2) is 4.79 Å². The molecule has 0 unspecified atom stereocenters. The van der Waals surface area contributed by atoms with E-state index in [4.69, 9.17) is 9.52 Å². The van der Waals surface area contributed by atoms with Gasteiger partial charge in [-0.05, 0) is 18.2 Å². The van der Waals surface area contributed by atoms with Crippen LogP contribution in [0.25, 0.3) is 0 Å². The van der Waals surface area contributed by atoms with Gasteiger partial charge in [-0.1, -0.05) is 12.1 Å². The van der Waals surface area contributed by atoms with Crippen LogP contribution in [0.2, 0.25) is 0 Å². The van der Waals surface area contributed by atoms with Crippen LogP contribution in [0.3, 0.4) is 0 Å². The van der Waals surface area contributed by atoms with E-state index in [2.05, 4.69) is 5.32 Å². The fraction of sp³-hybridized carbons (Fsp3) is 0.154. The van der Waals surface area contributed by atoms with Crippen LogP contribution in [0, 0.1) is 0 Å². The van der Waals surface area contributed by atoms with Crippen LogP contribution in [0.5, 0.6) is 0 Å². The third-order valence-corrected chi connectivity index (χ3v) is 2.65. The zero-order chi connectivity index (χ0) is 14.8. The number of hydrogen-bond donors (Lipinski definition) is 2. The molecule has 0 aliphatic rings.